The molecule has 0 aliphatic rings. The second-order valence-corrected chi connectivity index (χ2v) is 4.38. The molecule has 0 saturated heterocycles. The van der Waals surface area contributed by atoms with Gasteiger partial charge in [0.15, 0.2) is 0 Å². The minimum absolute atomic E-state index is 0.250. The highest BCUT2D eigenvalue weighted by atomic mass is 16.6. The molecule has 0 aromatic carbocycles. The molecule has 0 atom stereocenters. The summed E-state index contributed by atoms with van der Waals surface area (Å²) in [5.41, 5.74) is 4.93. The normalized spacial score (nSPS) is 9.88. The van der Waals surface area contributed by atoms with Crippen LogP contribution in [0.15, 0.2) is 0 Å². The van der Waals surface area contributed by atoms with E-state index < -0.39 is 5.60 Å². The van der Waals surface area contributed by atoms with Gasteiger partial charge in [0.2, 0.25) is 0 Å². The van der Waals surface area contributed by atoms with Gasteiger partial charge in [-0.3, -0.25) is 4.79 Å². The predicted molar refractivity (Wildman–Crippen MR) is 65.8 cm³/mol. The van der Waals surface area contributed by atoms with Crippen LogP contribution < -0.4 is 11.1 Å². The zero-order valence-corrected chi connectivity index (χ0v) is 10.9. The topological polar surface area (TPSA) is 102 Å². The van der Waals surface area contributed by atoms with E-state index in [9.17, 15) is 4.79 Å². The van der Waals surface area contributed by atoms with Gasteiger partial charge < -0.3 is 20.9 Å². The third kappa shape index (κ3) is 20.7. The predicted octanol–water partition coefficient (Wildman–Crippen LogP) is 1.34. The summed E-state index contributed by atoms with van der Waals surface area (Å²) < 4.78 is 5.07. The van der Waals surface area contributed by atoms with Crippen molar-refractivity contribution in [3.05, 3.63) is 0 Å². The van der Waals surface area contributed by atoms with Crippen molar-refractivity contribution in [3.63, 3.8) is 0 Å². The van der Waals surface area contributed by atoms with Crippen molar-refractivity contribution in [3.8, 4) is 0 Å². The Morgan fingerprint density at radius 2 is 1.88 bits per heavy atom. The quantitative estimate of drug-likeness (QED) is 0.503. The fourth-order valence-corrected chi connectivity index (χ4v) is 0.951. The van der Waals surface area contributed by atoms with Gasteiger partial charge in [0, 0.05) is 6.54 Å². The van der Waals surface area contributed by atoms with E-state index in [2.05, 4.69) is 5.32 Å². The summed E-state index contributed by atoms with van der Waals surface area (Å²) in [7, 11) is 0. The van der Waals surface area contributed by atoms with Gasteiger partial charge >= 0.3 is 6.09 Å². The van der Waals surface area contributed by atoms with E-state index in [4.69, 9.17) is 20.4 Å². The first-order valence-electron chi connectivity index (χ1n) is 5.62. The maximum absolute atomic E-state index is 11.1. The Morgan fingerprint density at radius 3 is 2.29 bits per heavy atom. The van der Waals surface area contributed by atoms with Crippen molar-refractivity contribution in [1.82, 2.24) is 5.32 Å². The zero-order valence-electron chi connectivity index (χ0n) is 10.9. The van der Waals surface area contributed by atoms with Crippen molar-refractivity contribution >= 4 is 12.6 Å². The van der Waals surface area contributed by atoms with Crippen LogP contribution in [0.3, 0.4) is 0 Å². The molecule has 0 saturated carbocycles. The summed E-state index contributed by atoms with van der Waals surface area (Å²) in [6.07, 6.45) is 2.67. The molecule has 0 radical (unpaired) electrons. The van der Waals surface area contributed by atoms with Crippen LogP contribution in [0.25, 0.3) is 0 Å². The molecule has 0 rings (SSSR count). The Balaban J connectivity index is 0. The number of carbonyl (C=O) groups excluding carboxylic acids is 1. The molecule has 17 heavy (non-hydrogen) atoms. The van der Waals surface area contributed by atoms with Gasteiger partial charge in [0.1, 0.15) is 5.60 Å². The number of nitrogens with one attached hydrogen (secondary N) is 1. The van der Waals surface area contributed by atoms with Gasteiger partial charge in [-0.25, -0.2) is 4.79 Å². The number of carboxylic acid groups (broad SMARTS) is 1. The summed E-state index contributed by atoms with van der Waals surface area (Å²) in [6, 6.07) is 0. The van der Waals surface area contributed by atoms with Gasteiger partial charge in [0.05, 0.1) is 0 Å². The van der Waals surface area contributed by atoms with E-state index in [1.165, 1.54) is 0 Å². The van der Waals surface area contributed by atoms with E-state index >= 15 is 0 Å². The van der Waals surface area contributed by atoms with E-state index in [0.717, 1.165) is 19.3 Å². The van der Waals surface area contributed by atoms with Crippen molar-refractivity contribution in [2.45, 2.75) is 45.6 Å². The average molecular weight is 248 g/mol. The number of hydrogen-bond donors (Lipinski definition) is 3. The van der Waals surface area contributed by atoms with E-state index in [-0.39, 0.29) is 12.6 Å². The molecule has 0 aromatic rings. The maximum Gasteiger partial charge on any atom is 0.407 e. The van der Waals surface area contributed by atoms with E-state index in [0.29, 0.717) is 13.1 Å². The monoisotopic (exact) mass is 248 g/mol. The van der Waals surface area contributed by atoms with Crippen LogP contribution in [0, 0.1) is 0 Å². The molecule has 0 aromatic heterocycles. The lowest BCUT2D eigenvalue weighted by molar-refractivity contribution is -0.122. The van der Waals surface area contributed by atoms with Gasteiger partial charge in [-0.2, -0.15) is 0 Å². The molecule has 102 valence electrons. The largest absolute Gasteiger partial charge is 0.483 e. The SMILES string of the molecule is CC(C)(C)OC(=O)NCCCCCN.O=CO. The number of amides is 1. The third-order valence-electron chi connectivity index (χ3n) is 1.55. The Kier molecular flexibility index (Phi) is 11.9. The Morgan fingerprint density at radius 1 is 1.35 bits per heavy atom. The Bertz CT molecular complexity index is 202. The molecule has 4 N–H and O–H groups in total. The molecule has 0 bridgehead atoms. The highest BCUT2D eigenvalue weighted by Crippen LogP contribution is 2.06. The van der Waals surface area contributed by atoms with Gasteiger partial charge in [-0.05, 0) is 40.2 Å². The fraction of sp³-hybridized carbons (Fsp3) is 0.818. The smallest absolute Gasteiger partial charge is 0.407 e. The summed E-state index contributed by atoms with van der Waals surface area (Å²) in [4.78, 5) is 19.5. The van der Waals surface area contributed by atoms with E-state index in [1.54, 1.807) is 0 Å². The molecular formula is C11H24N2O4. The first kappa shape index (κ1) is 18.1. The van der Waals surface area contributed by atoms with Crippen LogP contribution in [-0.4, -0.2) is 36.4 Å². The minimum atomic E-state index is -0.415. The minimum Gasteiger partial charge on any atom is -0.483 e. The van der Waals surface area contributed by atoms with E-state index in [1.807, 2.05) is 20.8 Å². The lowest BCUT2D eigenvalue weighted by Crippen LogP contribution is -2.33. The second-order valence-electron chi connectivity index (χ2n) is 4.38. The third-order valence-corrected chi connectivity index (χ3v) is 1.55. The van der Waals surface area contributed by atoms with Crippen molar-refractivity contribution in [2.24, 2.45) is 5.73 Å². The molecule has 0 unspecified atom stereocenters. The Hall–Kier alpha value is -1.30. The fourth-order valence-electron chi connectivity index (χ4n) is 0.951. The van der Waals surface area contributed by atoms with Gasteiger partial charge in [-0.15, -0.1) is 0 Å². The number of ether oxygens (including phenoxy) is 1. The number of alkyl carbamates (subject to hydrolysis) is 1. The van der Waals surface area contributed by atoms with Gasteiger partial charge in [0.25, 0.3) is 6.47 Å². The first-order chi connectivity index (χ1) is 7.87. The molecule has 6 heteroatoms. The summed E-state index contributed by atoms with van der Waals surface area (Å²) in [5, 5.41) is 9.59. The first-order valence-corrected chi connectivity index (χ1v) is 5.62. The van der Waals surface area contributed by atoms with Gasteiger partial charge in [-0.1, -0.05) is 6.42 Å². The molecule has 0 spiro atoms. The van der Waals surface area contributed by atoms with Crippen LogP contribution in [-0.2, 0) is 9.53 Å². The van der Waals surface area contributed by atoms with Crippen molar-refractivity contribution < 1.29 is 19.4 Å². The lowest BCUT2D eigenvalue weighted by Gasteiger charge is -2.19. The lowest BCUT2D eigenvalue weighted by atomic mass is 10.2. The average Bonchev–Trinajstić information content (AvgIpc) is 2.16. The zero-order chi connectivity index (χ0) is 13.7. The summed E-state index contributed by atoms with van der Waals surface area (Å²) in [5.74, 6) is 0. The van der Waals surface area contributed by atoms with Crippen molar-refractivity contribution in [1.29, 1.82) is 0 Å². The number of carbonyl (C=O) groups is 2. The highest BCUT2D eigenvalue weighted by Gasteiger charge is 2.15. The molecule has 1 amide bonds. The molecular weight excluding hydrogens is 224 g/mol. The molecule has 0 aliphatic heterocycles. The summed E-state index contributed by atoms with van der Waals surface area (Å²) >= 11 is 0. The molecule has 0 fully saturated rings. The molecule has 6 nitrogen and oxygen atoms in total. The number of nitrogens with two attached hydrogens (primary N) is 1. The van der Waals surface area contributed by atoms with Crippen LogP contribution >= 0.6 is 0 Å². The molecule has 0 aliphatic carbocycles. The Labute approximate surface area is 103 Å². The summed E-state index contributed by atoms with van der Waals surface area (Å²) in [6.45, 7) is 6.67. The van der Waals surface area contributed by atoms with Crippen LogP contribution in [0.1, 0.15) is 40.0 Å². The molecule has 0 heterocycles. The highest BCUT2D eigenvalue weighted by molar-refractivity contribution is 5.67. The van der Waals surface area contributed by atoms with Crippen LogP contribution in [0.5, 0.6) is 0 Å². The number of unbranched alkanes of at least 4 members (excludes halogenated alkanes) is 2. The number of hydrogen-bond acceptors (Lipinski definition) is 4. The number of rotatable bonds is 5. The van der Waals surface area contributed by atoms with Crippen LogP contribution in [0.4, 0.5) is 4.79 Å². The maximum atomic E-state index is 11.1. The van der Waals surface area contributed by atoms with Crippen molar-refractivity contribution in [2.75, 3.05) is 13.1 Å². The second kappa shape index (κ2) is 11.2. The van der Waals surface area contributed by atoms with Crippen LogP contribution in [0.2, 0.25) is 0 Å². The standard InChI is InChI=1S/C10H22N2O2.CH2O2/c1-10(2,3)14-9(13)12-8-6-4-5-7-11;2-1-3/h4-8,11H2,1-3H3,(H,12,13);1H,(H,2,3).